The topological polar surface area (TPSA) is 61.4 Å². The van der Waals surface area contributed by atoms with E-state index in [1.165, 1.54) is 6.92 Å². The number of carbonyl (C=O) groups is 1. The van der Waals surface area contributed by atoms with Gasteiger partial charge in [-0.2, -0.15) is 0 Å². The molecule has 4 nitrogen and oxygen atoms in total. The maximum absolute atomic E-state index is 11.0. The highest BCUT2D eigenvalue weighted by molar-refractivity contribution is 5.88. The third-order valence-electron chi connectivity index (χ3n) is 3.21. The minimum atomic E-state index is -0.0822. The van der Waals surface area contributed by atoms with E-state index in [4.69, 9.17) is 0 Å². The van der Waals surface area contributed by atoms with Gasteiger partial charge in [0.25, 0.3) is 0 Å². The van der Waals surface area contributed by atoms with Gasteiger partial charge < -0.3 is 15.7 Å². The first-order valence-electron chi connectivity index (χ1n) is 6.95. The van der Waals surface area contributed by atoms with Gasteiger partial charge in [0.05, 0.1) is 12.6 Å². The van der Waals surface area contributed by atoms with Crippen LogP contribution in [0.4, 0.5) is 5.69 Å². The smallest absolute Gasteiger partial charge is 0.221 e. The Balaban J connectivity index is 1.94. The lowest BCUT2D eigenvalue weighted by Gasteiger charge is -2.17. The van der Waals surface area contributed by atoms with Crippen LogP contribution < -0.4 is 10.6 Å². The molecule has 3 N–H and O–H groups in total. The average Bonchev–Trinajstić information content (AvgIpc) is 2.50. The highest BCUT2D eigenvalue weighted by Gasteiger charge is 2.08. The Hall–Kier alpha value is -2.17. The number of hydrogen-bond donors (Lipinski definition) is 3. The molecule has 0 aliphatic carbocycles. The fourth-order valence-electron chi connectivity index (χ4n) is 2.12. The normalized spacial score (nSPS) is 11.9. The second kappa shape index (κ2) is 7.57. The van der Waals surface area contributed by atoms with Gasteiger partial charge in [0.2, 0.25) is 5.91 Å². The molecule has 0 aliphatic heterocycles. The number of benzene rings is 2. The Morgan fingerprint density at radius 2 is 1.76 bits per heavy atom. The Bertz CT molecular complexity index is 567. The molecule has 1 amide bonds. The van der Waals surface area contributed by atoms with Gasteiger partial charge in [-0.05, 0) is 23.3 Å². The van der Waals surface area contributed by atoms with Crippen LogP contribution in [0, 0.1) is 0 Å². The fraction of sp³-hybridized carbons (Fsp3) is 0.235. The van der Waals surface area contributed by atoms with Crippen LogP contribution in [0.15, 0.2) is 54.6 Å². The van der Waals surface area contributed by atoms with Crippen molar-refractivity contribution >= 4 is 11.6 Å². The van der Waals surface area contributed by atoms with Crippen molar-refractivity contribution in [3.8, 4) is 0 Å². The van der Waals surface area contributed by atoms with Gasteiger partial charge in [0, 0.05) is 19.2 Å². The molecule has 21 heavy (non-hydrogen) atoms. The van der Waals surface area contributed by atoms with E-state index in [2.05, 4.69) is 10.6 Å². The number of hydrogen-bond acceptors (Lipinski definition) is 3. The maximum atomic E-state index is 11.0. The van der Waals surface area contributed by atoms with Gasteiger partial charge in [0.1, 0.15) is 0 Å². The summed E-state index contributed by atoms with van der Waals surface area (Å²) in [4.78, 5) is 11.0. The number of amides is 1. The van der Waals surface area contributed by atoms with Gasteiger partial charge in [-0.25, -0.2) is 0 Å². The number of aliphatic hydroxyl groups excluding tert-OH is 1. The highest BCUT2D eigenvalue weighted by Crippen LogP contribution is 2.14. The first-order valence-corrected chi connectivity index (χ1v) is 6.95. The molecule has 2 rings (SSSR count). The van der Waals surface area contributed by atoms with Crippen LogP contribution in [0.3, 0.4) is 0 Å². The van der Waals surface area contributed by atoms with Crippen molar-refractivity contribution in [3.05, 3.63) is 65.7 Å². The van der Waals surface area contributed by atoms with Crippen molar-refractivity contribution in [1.82, 2.24) is 5.32 Å². The Morgan fingerprint density at radius 1 is 1.10 bits per heavy atom. The van der Waals surface area contributed by atoms with Crippen LogP contribution in [0.1, 0.15) is 24.1 Å². The molecule has 0 radical (unpaired) electrons. The zero-order chi connectivity index (χ0) is 15.1. The van der Waals surface area contributed by atoms with E-state index in [1.54, 1.807) is 0 Å². The van der Waals surface area contributed by atoms with Crippen LogP contribution in [0.5, 0.6) is 0 Å². The summed E-state index contributed by atoms with van der Waals surface area (Å²) in [5.74, 6) is -0.0784. The molecule has 2 aromatic carbocycles. The van der Waals surface area contributed by atoms with E-state index in [-0.39, 0.29) is 18.6 Å². The van der Waals surface area contributed by atoms with Crippen molar-refractivity contribution in [3.63, 3.8) is 0 Å². The van der Waals surface area contributed by atoms with Crippen molar-refractivity contribution in [2.24, 2.45) is 0 Å². The molecule has 0 aliphatic rings. The molecule has 0 spiro atoms. The number of aliphatic hydroxyl groups is 1. The van der Waals surface area contributed by atoms with Crippen LogP contribution in [-0.4, -0.2) is 17.6 Å². The molecule has 110 valence electrons. The summed E-state index contributed by atoms with van der Waals surface area (Å²) in [6, 6.07) is 17.4. The van der Waals surface area contributed by atoms with Crippen LogP contribution >= 0.6 is 0 Å². The van der Waals surface area contributed by atoms with Crippen molar-refractivity contribution in [2.75, 3.05) is 11.9 Å². The van der Waals surface area contributed by atoms with E-state index < -0.39 is 0 Å². The van der Waals surface area contributed by atoms with E-state index >= 15 is 0 Å². The van der Waals surface area contributed by atoms with Gasteiger partial charge in [-0.15, -0.1) is 0 Å². The molecule has 1 atom stereocenters. The Morgan fingerprint density at radius 3 is 2.33 bits per heavy atom. The molecule has 0 heterocycles. The largest absolute Gasteiger partial charge is 0.394 e. The molecule has 2 aromatic rings. The Kier molecular flexibility index (Phi) is 5.49. The van der Waals surface area contributed by atoms with E-state index in [9.17, 15) is 9.90 Å². The van der Waals surface area contributed by atoms with Crippen molar-refractivity contribution in [2.45, 2.75) is 19.5 Å². The molecule has 0 bridgehead atoms. The van der Waals surface area contributed by atoms with Gasteiger partial charge in [-0.1, -0.05) is 42.5 Å². The van der Waals surface area contributed by atoms with Crippen LogP contribution in [0.2, 0.25) is 0 Å². The number of nitrogens with one attached hydrogen (secondary N) is 2. The minimum Gasteiger partial charge on any atom is -0.394 e. The molecule has 0 saturated carbocycles. The predicted molar refractivity (Wildman–Crippen MR) is 83.9 cm³/mol. The molecule has 0 saturated heterocycles. The molecular weight excluding hydrogens is 264 g/mol. The molecule has 0 fully saturated rings. The SMILES string of the molecule is CC(=O)Nc1ccc(CN[C@@H](CO)c2ccccc2)cc1. The molecule has 0 aromatic heterocycles. The predicted octanol–water partition coefficient (Wildman–Crippen LogP) is 2.47. The fourth-order valence-corrected chi connectivity index (χ4v) is 2.12. The zero-order valence-electron chi connectivity index (χ0n) is 12.0. The van der Waals surface area contributed by atoms with Crippen LogP contribution in [0.25, 0.3) is 0 Å². The maximum Gasteiger partial charge on any atom is 0.221 e. The zero-order valence-corrected chi connectivity index (χ0v) is 12.0. The first kappa shape index (κ1) is 15.2. The van der Waals surface area contributed by atoms with E-state index in [0.717, 1.165) is 16.8 Å². The quantitative estimate of drug-likeness (QED) is 0.763. The second-order valence-corrected chi connectivity index (χ2v) is 4.90. The summed E-state index contributed by atoms with van der Waals surface area (Å²) in [5, 5.41) is 15.6. The lowest BCUT2D eigenvalue weighted by molar-refractivity contribution is -0.114. The van der Waals surface area contributed by atoms with Crippen molar-refractivity contribution in [1.29, 1.82) is 0 Å². The summed E-state index contributed by atoms with van der Waals surface area (Å²) < 4.78 is 0. The standard InChI is InChI=1S/C17H20N2O2/c1-13(21)19-16-9-7-14(8-10-16)11-18-17(12-20)15-5-3-2-4-6-15/h2-10,17-18,20H,11-12H2,1H3,(H,19,21)/t17-/m0/s1. The minimum absolute atomic E-state index is 0.0496. The third-order valence-corrected chi connectivity index (χ3v) is 3.21. The number of rotatable bonds is 6. The second-order valence-electron chi connectivity index (χ2n) is 4.90. The lowest BCUT2D eigenvalue weighted by Crippen LogP contribution is -2.23. The lowest BCUT2D eigenvalue weighted by atomic mass is 10.1. The summed E-state index contributed by atoms with van der Waals surface area (Å²) in [6.45, 7) is 2.19. The van der Waals surface area contributed by atoms with Crippen molar-refractivity contribution < 1.29 is 9.90 Å². The molecular formula is C17H20N2O2. The summed E-state index contributed by atoms with van der Waals surface area (Å²) in [6.07, 6.45) is 0. The van der Waals surface area contributed by atoms with Gasteiger partial charge >= 0.3 is 0 Å². The van der Waals surface area contributed by atoms with E-state index in [0.29, 0.717) is 6.54 Å². The number of anilines is 1. The number of carbonyl (C=O) groups excluding carboxylic acids is 1. The Labute approximate surface area is 124 Å². The van der Waals surface area contributed by atoms with Crippen LogP contribution in [-0.2, 0) is 11.3 Å². The average molecular weight is 284 g/mol. The molecule has 4 heteroatoms. The first-order chi connectivity index (χ1) is 10.2. The summed E-state index contributed by atoms with van der Waals surface area (Å²) in [7, 11) is 0. The monoisotopic (exact) mass is 284 g/mol. The molecule has 0 unspecified atom stereocenters. The van der Waals surface area contributed by atoms with Gasteiger partial charge in [-0.3, -0.25) is 4.79 Å². The highest BCUT2D eigenvalue weighted by atomic mass is 16.3. The van der Waals surface area contributed by atoms with Gasteiger partial charge in [0.15, 0.2) is 0 Å². The van der Waals surface area contributed by atoms with E-state index in [1.807, 2.05) is 54.6 Å². The summed E-state index contributed by atoms with van der Waals surface area (Å²) in [5.41, 5.74) is 2.95. The summed E-state index contributed by atoms with van der Waals surface area (Å²) >= 11 is 0. The third kappa shape index (κ3) is 4.70.